The van der Waals surface area contributed by atoms with Gasteiger partial charge in [-0.15, -0.1) is 11.3 Å². The Labute approximate surface area is 177 Å². The van der Waals surface area contributed by atoms with Crippen LogP contribution in [0.3, 0.4) is 0 Å². The zero-order valence-corrected chi connectivity index (χ0v) is 17.0. The van der Waals surface area contributed by atoms with E-state index in [-0.39, 0.29) is 12.7 Å². The van der Waals surface area contributed by atoms with E-state index in [0.29, 0.717) is 17.2 Å². The van der Waals surface area contributed by atoms with Crippen LogP contribution in [-0.2, 0) is 4.79 Å². The highest BCUT2D eigenvalue weighted by atomic mass is 32.1. The van der Waals surface area contributed by atoms with Gasteiger partial charge in [0, 0.05) is 23.0 Å². The number of anilines is 2. The zero-order chi connectivity index (χ0) is 20.5. The van der Waals surface area contributed by atoms with Gasteiger partial charge in [-0.2, -0.15) is 0 Å². The van der Waals surface area contributed by atoms with E-state index in [1.165, 1.54) is 0 Å². The van der Waals surface area contributed by atoms with Crippen molar-refractivity contribution in [3.8, 4) is 22.1 Å². The van der Waals surface area contributed by atoms with Gasteiger partial charge in [0.1, 0.15) is 11.0 Å². The maximum absolute atomic E-state index is 12.6. The first-order chi connectivity index (χ1) is 14.7. The van der Waals surface area contributed by atoms with E-state index in [0.717, 1.165) is 26.5 Å². The second kappa shape index (κ2) is 7.68. The van der Waals surface area contributed by atoms with Crippen molar-refractivity contribution >= 4 is 38.8 Å². The van der Waals surface area contributed by atoms with Crippen LogP contribution in [0.25, 0.3) is 20.8 Å². The topological polar surface area (TPSA) is 72.5 Å². The van der Waals surface area contributed by atoms with E-state index in [1.807, 2.05) is 49.4 Å². The van der Waals surface area contributed by atoms with E-state index >= 15 is 0 Å². The summed E-state index contributed by atoms with van der Waals surface area (Å²) in [4.78, 5) is 17.3. The molecule has 1 aliphatic heterocycles. The monoisotopic (exact) mass is 417 g/mol. The number of thiazole rings is 1. The molecule has 0 saturated heterocycles. The molecule has 2 N–H and O–H groups in total. The van der Waals surface area contributed by atoms with Crippen molar-refractivity contribution in [2.45, 2.75) is 13.0 Å². The Hall–Kier alpha value is -3.58. The van der Waals surface area contributed by atoms with Crippen molar-refractivity contribution in [2.75, 3.05) is 17.4 Å². The minimum Gasteiger partial charge on any atom is -0.454 e. The molecule has 7 heteroatoms. The molecule has 1 aromatic heterocycles. The molecular weight excluding hydrogens is 398 g/mol. The van der Waals surface area contributed by atoms with Crippen molar-refractivity contribution < 1.29 is 14.3 Å². The standard InChI is InChI=1S/C23H19N3O3S/c1-14(22(27)25-17-9-10-19-20(12-17)29-13-28-19)24-16-6-4-5-15(11-16)23-26-18-7-2-3-8-21(18)30-23/h2-12,14,24H,13H2,1H3,(H,25,27)/t14-/m0/s1. The summed E-state index contributed by atoms with van der Waals surface area (Å²) in [5.41, 5.74) is 3.54. The number of nitrogens with one attached hydrogen (secondary N) is 2. The molecule has 1 aliphatic rings. The quantitative estimate of drug-likeness (QED) is 0.471. The molecule has 0 spiro atoms. The van der Waals surface area contributed by atoms with Crippen LogP contribution >= 0.6 is 11.3 Å². The molecule has 0 unspecified atom stereocenters. The van der Waals surface area contributed by atoms with Crippen LogP contribution in [0.15, 0.2) is 66.7 Å². The summed E-state index contributed by atoms with van der Waals surface area (Å²) in [6.45, 7) is 2.03. The lowest BCUT2D eigenvalue weighted by atomic mass is 10.2. The summed E-state index contributed by atoms with van der Waals surface area (Å²) in [7, 11) is 0. The van der Waals surface area contributed by atoms with Crippen LogP contribution in [0.4, 0.5) is 11.4 Å². The van der Waals surface area contributed by atoms with Crippen LogP contribution < -0.4 is 20.1 Å². The number of ether oxygens (including phenoxy) is 2. The lowest BCUT2D eigenvalue weighted by molar-refractivity contribution is -0.116. The molecule has 2 heterocycles. The Morgan fingerprint density at radius 2 is 1.87 bits per heavy atom. The molecule has 30 heavy (non-hydrogen) atoms. The first-order valence-corrected chi connectivity index (χ1v) is 10.4. The van der Waals surface area contributed by atoms with Crippen LogP contribution in [0.1, 0.15) is 6.92 Å². The van der Waals surface area contributed by atoms with Crippen molar-refractivity contribution in [2.24, 2.45) is 0 Å². The van der Waals surface area contributed by atoms with Crippen LogP contribution in [0.2, 0.25) is 0 Å². The van der Waals surface area contributed by atoms with Crippen molar-refractivity contribution in [3.63, 3.8) is 0 Å². The van der Waals surface area contributed by atoms with Crippen LogP contribution in [-0.4, -0.2) is 23.7 Å². The van der Waals surface area contributed by atoms with Crippen LogP contribution in [0, 0.1) is 0 Å². The largest absolute Gasteiger partial charge is 0.454 e. The van der Waals surface area contributed by atoms with E-state index in [4.69, 9.17) is 14.5 Å². The fraction of sp³-hybridized carbons (Fsp3) is 0.130. The third kappa shape index (κ3) is 3.67. The maximum atomic E-state index is 12.6. The van der Waals surface area contributed by atoms with E-state index in [2.05, 4.69) is 16.7 Å². The van der Waals surface area contributed by atoms with Gasteiger partial charge in [0.2, 0.25) is 12.7 Å². The second-order valence-corrected chi connectivity index (χ2v) is 8.02. The molecule has 1 amide bonds. The van der Waals surface area contributed by atoms with Gasteiger partial charge in [-0.05, 0) is 43.3 Å². The van der Waals surface area contributed by atoms with Crippen LogP contribution in [0.5, 0.6) is 11.5 Å². The normalized spacial score (nSPS) is 13.2. The SMILES string of the molecule is C[C@H](Nc1cccc(-c2nc3ccccc3s2)c1)C(=O)Nc1ccc2c(c1)OCO2. The zero-order valence-electron chi connectivity index (χ0n) is 16.2. The highest BCUT2D eigenvalue weighted by Crippen LogP contribution is 2.34. The third-order valence-electron chi connectivity index (χ3n) is 4.82. The van der Waals surface area contributed by atoms with Gasteiger partial charge < -0.3 is 20.1 Å². The number of hydrogen-bond acceptors (Lipinski definition) is 6. The van der Waals surface area contributed by atoms with E-state index < -0.39 is 6.04 Å². The van der Waals surface area contributed by atoms with Crippen molar-refractivity contribution in [1.29, 1.82) is 0 Å². The number of benzene rings is 3. The van der Waals surface area contributed by atoms with E-state index in [9.17, 15) is 4.79 Å². The fourth-order valence-corrected chi connectivity index (χ4v) is 4.24. The number of carbonyl (C=O) groups is 1. The summed E-state index contributed by atoms with van der Waals surface area (Å²) < 4.78 is 11.8. The minimum atomic E-state index is -0.430. The van der Waals surface area contributed by atoms with Gasteiger partial charge in [0.05, 0.1) is 10.2 Å². The fourth-order valence-electron chi connectivity index (χ4n) is 3.28. The Balaban J connectivity index is 1.29. The molecule has 0 radical (unpaired) electrons. The van der Waals surface area contributed by atoms with Gasteiger partial charge in [-0.3, -0.25) is 4.79 Å². The average Bonchev–Trinajstić information content (AvgIpc) is 3.40. The smallest absolute Gasteiger partial charge is 0.246 e. The molecule has 0 saturated carbocycles. The molecule has 5 rings (SSSR count). The number of hydrogen-bond donors (Lipinski definition) is 2. The number of para-hydroxylation sites is 1. The third-order valence-corrected chi connectivity index (χ3v) is 5.91. The molecule has 0 bridgehead atoms. The lowest BCUT2D eigenvalue weighted by Gasteiger charge is -2.16. The van der Waals surface area contributed by atoms with Crippen molar-refractivity contribution in [3.05, 3.63) is 66.7 Å². The Morgan fingerprint density at radius 3 is 2.77 bits per heavy atom. The van der Waals surface area contributed by atoms with Gasteiger partial charge >= 0.3 is 0 Å². The molecule has 0 fully saturated rings. The summed E-state index contributed by atoms with van der Waals surface area (Å²) in [6, 6.07) is 21.0. The van der Waals surface area contributed by atoms with E-state index in [1.54, 1.807) is 29.5 Å². The number of fused-ring (bicyclic) bond motifs is 2. The Bertz CT molecular complexity index is 1200. The summed E-state index contributed by atoms with van der Waals surface area (Å²) in [5, 5.41) is 7.13. The molecule has 150 valence electrons. The molecule has 4 aromatic rings. The van der Waals surface area contributed by atoms with Gasteiger partial charge in [-0.25, -0.2) is 4.98 Å². The predicted molar refractivity (Wildman–Crippen MR) is 119 cm³/mol. The molecule has 0 aliphatic carbocycles. The van der Waals surface area contributed by atoms with Gasteiger partial charge in [-0.1, -0.05) is 24.3 Å². The highest BCUT2D eigenvalue weighted by Gasteiger charge is 2.17. The molecule has 3 aromatic carbocycles. The minimum absolute atomic E-state index is 0.140. The van der Waals surface area contributed by atoms with Crippen molar-refractivity contribution in [1.82, 2.24) is 4.98 Å². The lowest BCUT2D eigenvalue weighted by Crippen LogP contribution is -2.31. The highest BCUT2D eigenvalue weighted by molar-refractivity contribution is 7.21. The number of rotatable bonds is 5. The first-order valence-electron chi connectivity index (χ1n) is 9.59. The Morgan fingerprint density at radius 1 is 1.00 bits per heavy atom. The number of aromatic nitrogens is 1. The molecule has 6 nitrogen and oxygen atoms in total. The second-order valence-electron chi connectivity index (χ2n) is 6.99. The van der Waals surface area contributed by atoms with Gasteiger partial charge in [0.25, 0.3) is 0 Å². The number of nitrogens with zero attached hydrogens (tertiary/aromatic N) is 1. The molecular formula is C23H19N3O3S. The maximum Gasteiger partial charge on any atom is 0.246 e. The summed E-state index contributed by atoms with van der Waals surface area (Å²) in [5.74, 6) is 1.18. The number of amides is 1. The summed E-state index contributed by atoms with van der Waals surface area (Å²) >= 11 is 1.66. The predicted octanol–water partition coefficient (Wildman–Crippen LogP) is 5.13. The molecule has 1 atom stereocenters. The number of carbonyl (C=O) groups excluding carboxylic acids is 1. The first kappa shape index (κ1) is 18.4. The average molecular weight is 417 g/mol. The summed E-state index contributed by atoms with van der Waals surface area (Å²) in [6.07, 6.45) is 0. The van der Waals surface area contributed by atoms with Gasteiger partial charge in [0.15, 0.2) is 11.5 Å². The Kier molecular flexibility index (Phi) is 4.72.